The second kappa shape index (κ2) is 8.02. The Morgan fingerprint density at radius 3 is 2.19 bits per heavy atom. The Hall–Kier alpha value is -3.17. The number of ketones is 1. The molecule has 0 bridgehead atoms. The van der Waals surface area contributed by atoms with Crippen molar-refractivity contribution < 1.29 is 10.3 Å². The summed E-state index contributed by atoms with van der Waals surface area (Å²) in [6.07, 6.45) is 3.19. The van der Waals surface area contributed by atoms with Crippen molar-refractivity contribution in [3.8, 4) is 0 Å². The van der Waals surface area contributed by atoms with Gasteiger partial charge in [-0.3, -0.25) is 4.79 Å². The van der Waals surface area contributed by atoms with Crippen molar-refractivity contribution in [3.05, 3.63) is 107 Å². The molecule has 1 heterocycles. The smallest absolute Gasteiger partial charge is 0.159 e. The molecular weight excluding hydrogens is 334 g/mol. The van der Waals surface area contributed by atoms with Gasteiger partial charge in [-0.25, -0.2) is 0 Å². The number of hydrogen-bond donors (Lipinski definition) is 0. The van der Waals surface area contributed by atoms with Crippen LogP contribution in [0.5, 0.6) is 0 Å². The molecule has 0 aliphatic heterocycles. The quantitative estimate of drug-likeness (QED) is 0.479. The molecule has 2 N–H and O–H groups in total. The minimum atomic E-state index is 0. The number of nitrogens with zero attached hydrogens (tertiary/aromatic N) is 1. The minimum absolute atomic E-state index is 0. The van der Waals surface area contributed by atoms with E-state index in [4.69, 9.17) is 0 Å². The van der Waals surface area contributed by atoms with Crippen LogP contribution in [0, 0.1) is 0 Å². The molecule has 0 fully saturated rings. The molecule has 0 aliphatic carbocycles. The molecule has 0 amide bonds. The molecule has 3 nitrogen and oxygen atoms in total. The van der Waals surface area contributed by atoms with Gasteiger partial charge in [-0.2, -0.15) is 0 Å². The summed E-state index contributed by atoms with van der Waals surface area (Å²) in [7, 11) is 0. The summed E-state index contributed by atoms with van der Waals surface area (Å²) < 4.78 is 2.30. The fourth-order valence-corrected chi connectivity index (χ4v) is 3.45. The van der Waals surface area contributed by atoms with Crippen molar-refractivity contribution in [2.45, 2.75) is 19.9 Å². The van der Waals surface area contributed by atoms with Crippen LogP contribution in [-0.2, 0) is 13.0 Å². The molecule has 4 aromatic rings. The first-order valence-electron chi connectivity index (χ1n) is 8.91. The highest BCUT2D eigenvalue weighted by atomic mass is 16.1. The second-order valence-electron chi connectivity index (χ2n) is 6.71. The Balaban J connectivity index is 0.00000210. The van der Waals surface area contributed by atoms with Crippen molar-refractivity contribution in [1.82, 2.24) is 4.57 Å². The minimum Gasteiger partial charge on any atom is -0.412 e. The highest BCUT2D eigenvalue weighted by Gasteiger charge is 2.09. The van der Waals surface area contributed by atoms with Crippen LogP contribution in [0.4, 0.5) is 0 Å². The van der Waals surface area contributed by atoms with Crippen LogP contribution in [0.15, 0.2) is 85.1 Å². The zero-order valence-corrected chi connectivity index (χ0v) is 15.4. The molecule has 136 valence electrons. The van der Waals surface area contributed by atoms with Crippen LogP contribution in [0.3, 0.4) is 0 Å². The number of carbonyl (C=O) groups excluding carboxylic acids is 1. The third-order valence-corrected chi connectivity index (χ3v) is 4.82. The predicted molar refractivity (Wildman–Crippen MR) is 110 cm³/mol. The molecule has 4 rings (SSSR count). The summed E-state index contributed by atoms with van der Waals surface area (Å²) in [5, 5.41) is 1.30. The van der Waals surface area contributed by atoms with Gasteiger partial charge in [-0.1, -0.05) is 72.8 Å². The number of benzene rings is 3. The van der Waals surface area contributed by atoms with Gasteiger partial charge in [0, 0.05) is 29.2 Å². The zero-order chi connectivity index (χ0) is 17.9. The number of para-hydroxylation sites is 1. The van der Waals surface area contributed by atoms with Crippen LogP contribution in [0.2, 0.25) is 0 Å². The maximum Gasteiger partial charge on any atom is 0.159 e. The lowest BCUT2D eigenvalue weighted by atomic mass is 10.0. The predicted octanol–water partition coefficient (Wildman–Crippen LogP) is 4.66. The van der Waals surface area contributed by atoms with Crippen LogP contribution in [-0.4, -0.2) is 15.8 Å². The Morgan fingerprint density at radius 1 is 0.815 bits per heavy atom. The van der Waals surface area contributed by atoms with Gasteiger partial charge in [0.1, 0.15) is 0 Å². The van der Waals surface area contributed by atoms with Crippen molar-refractivity contribution in [3.63, 3.8) is 0 Å². The van der Waals surface area contributed by atoms with E-state index in [1.807, 2.05) is 24.3 Å². The number of rotatable bonds is 5. The lowest BCUT2D eigenvalue weighted by Gasteiger charge is -2.06. The molecule has 0 saturated heterocycles. The van der Waals surface area contributed by atoms with E-state index in [-0.39, 0.29) is 11.3 Å². The van der Waals surface area contributed by atoms with E-state index in [0.717, 1.165) is 18.5 Å². The Morgan fingerprint density at radius 2 is 1.48 bits per heavy atom. The average Bonchev–Trinajstić information content (AvgIpc) is 3.01. The normalized spacial score (nSPS) is 10.6. The van der Waals surface area contributed by atoms with E-state index >= 15 is 0 Å². The fraction of sp³-hybridized carbons (Fsp3) is 0.125. The van der Waals surface area contributed by atoms with E-state index < -0.39 is 0 Å². The van der Waals surface area contributed by atoms with E-state index in [1.54, 1.807) is 6.92 Å². The molecule has 0 unspecified atom stereocenters. The number of fused-ring (bicyclic) bond motifs is 1. The van der Waals surface area contributed by atoms with Crippen molar-refractivity contribution >= 4 is 16.7 Å². The van der Waals surface area contributed by atoms with Crippen LogP contribution >= 0.6 is 0 Å². The van der Waals surface area contributed by atoms with Crippen LogP contribution in [0.1, 0.15) is 34.0 Å². The number of hydrogen-bond acceptors (Lipinski definition) is 1. The molecule has 0 aliphatic rings. The van der Waals surface area contributed by atoms with Crippen LogP contribution < -0.4 is 0 Å². The second-order valence-corrected chi connectivity index (χ2v) is 6.71. The highest BCUT2D eigenvalue weighted by molar-refractivity contribution is 5.94. The standard InChI is InChI=1S/C24H21NO.H2O/c1-18(26)21-13-11-20(12-14-21)16-25-17-22(15-19-7-3-2-4-8-19)23-9-5-6-10-24(23)25;/h2-14,17H,15-16H2,1H3;1H2. The van der Waals surface area contributed by atoms with E-state index in [0.29, 0.717) is 0 Å². The molecular formula is C24H23NO2. The first-order valence-corrected chi connectivity index (χ1v) is 8.91. The summed E-state index contributed by atoms with van der Waals surface area (Å²) in [6, 6.07) is 27.0. The number of carbonyl (C=O) groups is 1. The maximum atomic E-state index is 11.5. The van der Waals surface area contributed by atoms with Gasteiger partial charge in [0.15, 0.2) is 5.78 Å². The molecule has 27 heavy (non-hydrogen) atoms. The third kappa shape index (κ3) is 3.99. The van der Waals surface area contributed by atoms with Gasteiger partial charge >= 0.3 is 0 Å². The Bertz CT molecular complexity index is 1050. The molecule has 0 spiro atoms. The van der Waals surface area contributed by atoms with Crippen molar-refractivity contribution in [1.29, 1.82) is 0 Å². The summed E-state index contributed by atoms with van der Waals surface area (Å²) in [6.45, 7) is 2.40. The zero-order valence-electron chi connectivity index (χ0n) is 15.4. The van der Waals surface area contributed by atoms with Gasteiger partial charge in [0.2, 0.25) is 0 Å². The van der Waals surface area contributed by atoms with Gasteiger partial charge in [0.25, 0.3) is 0 Å². The topological polar surface area (TPSA) is 53.5 Å². The number of aromatic nitrogens is 1. The average molecular weight is 357 g/mol. The molecule has 0 atom stereocenters. The van der Waals surface area contributed by atoms with Crippen molar-refractivity contribution in [2.75, 3.05) is 0 Å². The summed E-state index contributed by atoms with van der Waals surface area (Å²) in [4.78, 5) is 11.5. The highest BCUT2D eigenvalue weighted by Crippen LogP contribution is 2.25. The number of Topliss-reactive ketones (excluding diaryl/α,β-unsaturated/α-hetero) is 1. The molecule has 0 saturated carbocycles. The lowest BCUT2D eigenvalue weighted by molar-refractivity contribution is 0.101. The maximum absolute atomic E-state index is 11.5. The van der Waals surface area contributed by atoms with E-state index in [9.17, 15) is 4.79 Å². The fourth-order valence-electron chi connectivity index (χ4n) is 3.45. The van der Waals surface area contributed by atoms with E-state index in [1.165, 1.54) is 27.6 Å². The van der Waals surface area contributed by atoms with E-state index in [2.05, 4.69) is 65.4 Å². The molecule has 0 radical (unpaired) electrons. The van der Waals surface area contributed by atoms with Gasteiger partial charge < -0.3 is 10.0 Å². The Kier molecular flexibility index (Phi) is 5.53. The largest absolute Gasteiger partial charge is 0.412 e. The first kappa shape index (κ1) is 18.6. The molecule has 3 aromatic carbocycles. The summed E-state index contributed by atoms with van der Waals surface area (Å²) >= 11 is 0. The van der Waals surface area contributed by atoms with Gasteiger partial charge in [-0.05, 0) is 36.1 Å². The monoisotopic (exact) mass is 357 g/mol. The summed E-state index contributed by atoms with van der Waals surface area (Å²) in [5.74, 6) is 0.105. The van der Waals surface area contributed by atoms with Crippen molar-refractivity contribution in [2.24, 2.45) is 0 Å². The molecule has 3 heteroatoms. The van der Waals surface area contributed by atoms with Crippen LogP contribution in [0.25, 0.3) is 10.9 Å². The lowest BCUT2D eigenvalue weighted by Crippen LogP contribution is -1.99. The van der Waals surface area contributed by atoms with Gasteiger partial charge in [-0.15, -0.1) is 0 Å². The Labute approximate surface area is 159 Å². The molecule has 1 aromatic heterocycles. The summed E-state index contributed by atoms with van der Waals surface area (Å²) in [5.41, 5.74) is 5.86. The third-order valence-electron chi connectivity index (χ3n) is 4.82. The van der Waals surface area contributed by atoms with Gasteiger partial charge in [0.05, 0.1) is 0 Å². The SMILES string of the molecule is CC(=O)c1ccc(Cn2cc(Cc3ccccc3)c3ccccc32)cc1.O. The first-order chi connectivity index (χ1) is 12.7.